The van der Waals surface area contributed by atoms with Crippen LogP contribution in [-0.2, 0) is 0 Å². The lowest BCUT2D eigenvalue weighted by atomic mass is 10.2. The van der Waals surface area contributed by atoms with E-state index in [1.165, 1.54) is 12.1 Å². The summed E-state index contributed by atoms with van der Waals surface area (Å²) in [6, 6.07) is 8.02. The lowest BCUT2D eigenvalue weighted by molar-refractivity contribution is 0.172. The van der Waals surface area contributed by atoms with Gasteiger partial charge in [0.05, 0.1) is 16.6 Å². The van der Waals surface area contributed by atoms with Gasteiger partial charge < -0.3 is 24.7 Å². The third-order valence-corrected chi connectivity index (χ3v) is 3.38. The second-order valence-electron chi connectivity index (χ2n) is 4.80. The summed E-state index contributed by atoms with van der Waals surface area (Å²) in [6.45, 7) is 1.05. The highest BCUT2D eigenvalue weighted by molar-refractivity contribution is 5.84. The molecule has 1 aliphatic rings. The van der Waals surface area contributed by atoms with E-state index in [-0.39, 0.29) is 11.5 Å². The van der Waals surface area contributed by atoms with Gasteiger partial charge in [0.2, 0.25) is 0 Å². The Bertz CT molecular complexity index is 798. The zero-order chi connectivity index (χ0) is 14.4. The number of phenolic OH excluding ortho intramolecular Hbond substituents is 2. The Labute approximate surface area is 119 Å². The van der Waals surface area contributed by atoms with Gasteiger partial charge in [-0.15, -0.1) is 0 Å². The van der Waals surface area contributed by atoms with Crippen molar-refractivity contribution in [2.75, 3.05) is 13.2 Å². The molecule has 21 heavy (non-hydrogen) atoms. The van der Waals surface area contributed by atoms with Crippen LogP contribution in [0.1, 0.15) is 0 Å². The molecule has 2 heterocycles. The molecule has 0 saturated heterocycles. The predicted molar refractivity (Wildman–Crippen MR) is 75.8 cm³/mol. The van der Waals surface area contributed by atoms with Gasteiger partial charge in [-0.05, 0) is 12.1 Å². The van der Waals surface area contributed by atoms with Crippen LogP contribution in [0, 0.1) is 0 Å². The summed E-state index contributed by atoms with van der Waals surface area (Å²) in [5.41, 5.74) is 2.03. The Balaban J connectivity index is 1.86. The molecule has 0 bridgehead atoms. The van der Waals surface area contributed by atoms with Crippen LogP contribution in [0.5, 0.6) is 23.0 Å². The molecule has 106 valence electrons. The highest BCUT2D eigenvalue weighted by Crippen LogP contribution is 2.36. The predicted octanol–water partition coefficient (Wildman–Crippen LogP) is 2.41. The monoisotopic (exact) mass is 284 g/mol. The molecular formula is C15H12N2O4. The van der Waals surface area contributed by atoms with E-state index in [4.69, 9.17) is 9.47 Å². The van der Waals surface area contributed by atoms with Crippen LogP contribution in [-0.4, -0.2) is 33.4 Å². The number of nitrogens with zero attached hydrogens (tertiary/aromatic N) is 1. The SMILES string of the molecule is Oc1ccc(-c2nc3cc4c(cc3[nH]2)OCCO4)c(O)c1. The van der Waals surface area contributed by atoms with Crippen LogP contribution >= 0.6 is 0 Å². The van der Waals surface area contributed by atoms with Crippen molar-refractivity contribution >= 4 is 11.0 Å². The van der Waals surface area contributed by atoms with Crippen molar-refractivity contribution in [1.82, 2.24) is 9.97 Å². The van der Waals surface area contributed by atoms with E-state index in [2.05, 4.69) is 9.97 Å². The molecule has 3 N–H and O–H groups in total. The molecule has 0 unspecified atom stereocenters. The minimum Gasteiger partial charge on any atom is -0.508 e. The molecule has 0 atom stereocenters. The van der Waals surface area contributed by atoms with Crippen LogP contribution in [0.3, 0.4) is 0 Å². The second kappa shape index (κ2) is 4.31. The molecule has 0 aliphatic carbocycles. The van der Waals surface area contributed by atoms with E-state index in [9.17, 15) is 10.2 Å². The van der Waals surface area contributed by atoms with Gasteiger partial charge in [-0.25, -0.2) is 4.98 Å². The van der Waals surface area contributed by atoms with E-state index < -0.39 is 0 Å². The Hall–Kier alpha value is -2.89. The Morgan fingerprint density at radius 3 is 2.52 bits per heavy atom. The fourth-order valence-electron chi connectivity index (χ4n) is 2.39. The van der Waals surface area contributed by atoms with E-state index in [0.29, 0.717) is 36.1 Å². The number of benzene rings is 2. The van der Waals surface area contributed by atoms with Crippen LogP contribution in [0.25, 0.3) is 22.4 Å². The minimum absolute atomic E-state index is 0.00428. The highest BCUT2D eigenvalue weighted by atomic mass is 16.6. The fraction of sp³-hybridized carbons (Fsp3) is 0.133. The van der Waals surface area contributed by atoms with Crippen LogP contribution in [0.4, 0.5) is 0 Å². The van der Waals surface area contributed by atoms with E-state index in [0.717, 1.165) is 11.0 Å². The zero-order valence-electron chi connectivity index (χ0n) is 11.0. The second-order valence-corrected chi connectivity index (χ2v) is 4.80. The summed E-state index contributed by atoms with van der Waals surface area (Å²) in [4.78, 5) is 7.58. The summed E-state index contributed by atoms with van der Waals surface area (Å²) < 4.78 is 11.1. The van der Waals surface area contributed by atoms with E-state index >= 15 is 0 Å². The van der Waals surface area contributed by atoms with Gasteiger partial charge in [-0.1, -0.05) is 0 Å². The Morgan fingerprint density at radius 1 is 1.00 bits per heavy atom. The van der Waals surface area contributed by atoms with Crippen LogP contribution in [0.2, 0.25) is 0 Å². The normalized spacial score (nSPS) is 13.5. The smallest absolute Gasteiger partial charge is 0.163 e. The first-order valence-corrected chi connectivity index (χ1v) is 6.52. The molecule has 0 spiro atoms. The summed E-state index contributed by atoms with van der Waals surface area (Å²) in [5.74, 6) is 1.83. The number of aromatic nitrogens is 2. The van der Waals surface area contributed by atoms with Crippen molar-refractivity contribution in [3.05, 3.63) is 30.3 Å². The molecule has 4 rings (SSSR count). The number of phenols is 2. The average molecular weight is 284 g/mol. The lowest BCUT2D eigenvalue weighted by Crippen LogP contribution is -2.15. The minimum atomic E-state index is -0.0358. The maximum absolute atomic E-state index is 9.91. The molecular weight excluding hydrogens is 272 g/mol. The third kappa shape index (κ3) is 1.92. The number of ether oxygens (including phenoxy) is 2. The Kier molecular flexibility index (Phi) is 2.44. The van der Waals surface area contributed by atoms with Gasteiger partial charge in [0.25, 0.3) is 0 Å². The molecule has 6 heteroatoms. The molecule has 1 aliphatic heterocycles. The summed E-state index contributed by atoms with van der Waals surface area (Å²) in [6.07, 6.45) is 0. The maximum atomic E-state index is 9.91. The van der Waals surface area contributed by atoms with Gasteiger partial charge in [-0.2, -0.15) is 0 Å². The number of hydrogen-bond donors (Lipinski definition) is 3. The van der Waals surface area contributed by atoms with Crippen molar-refractivity contribution in [3.8, 4) is 34.4 Å². The highest BCUT2D eigenvalue weighted by Gasteiger charge is 2.16. The van der Waals surface area contributed by atoms with Gasteiger partial charge in [0.15, 0.2) is 11.5 Å². The quantitative estimate of drug-likeness (QED) is 0.638. The van der Waals surface area contributed by atoms with Crippen LogP contribution < -0.4 is 9.47 Å². The summed E-state index contributed by atoms with van der Waals surface area (Å²) >= 11 is 0. The molecule has 6 nitrogen and oxygen atoms in total. The van der Waals surface area contributed by atoms with Crippen molar-refractivity contribution in [2.24, 2.45) is 0 Å². The largest absolute Gasteiger partial charge is 0.508 e. The van der Waals surface area contributed by atoms with Gasteiger partial charge in [0, 0.05) is 18.2 Å². The number of imidazole rings is 1. The first-order chi connectivity index (χ1) is 10.2. The molecule has 1 aromatic heterocycles. The first kappa shape index (κ1) is 11.9. The van der Waals surface area contributed by atoms with E-state index in [1.807, 2.05) is 6.07 Å². The molecule has 3 aromatic rings. The molecule has 0 fully saturated rings. The lowest BCUT2D eigenvalue weighted by Gasteiger charge is -2.17. The number of fused-ring (bicyclic) bond motifs is 2. The topological polar surface area (TPSA) is 87.6 Å². The summed E-state index contributed by atoms with van der Waals surface area (Å²) in [7, 11) is 0. The number of aromatic amines is 1. The van der Waals surface area contributed by atoms with Gasteiger partial charge in [0.1, 0.15) is 30.5 Å². The average Bonchev–Trinajstić information content (AvgIpc) is 2.87. The number of aromatic hydroxyl groups is 2. The van der Waals surface area contributed by atoms with E-state index in [1.54, 1.807) is 12.1 Å². The van der Waals surface area contributed by atoms with Gasteiger partial charge >= 0.3 is 0 Å². The molecule has 0 radical (unpaired) electrons. The van der Waals surface area contributed by atoms with Crippen molar-refractivity contribution < 1.29 is 19.7 Å². The number of nitrogens with one attached hydrogen (secondary N) is 1. The van der Waals surface area contributed by atoms with Gasteiger partial charge in [-0.3, -0.25) is 0 Å². The fourth-order valence-corrected chi connectivity index (χ4v) is 2.39. The molecule has 0 saturated carbocycles. The third-order valence-electron chi connectivity index (χ3n) is 3.38. The standard InChI is InChI=1S/C15H12N2O4/c18-8-1-2-9(12(19)5-8)15-16-10-6-13-14(7-11(10)17-15)21-4-3-20-13/h1-2,5-7,18-19H,3-4H2,(H,16,17). The Morgan fingerprint density at radius 2 is 1.76 bits per heavy atom. The zero-order valence-corrected chi connectivity index (χ0v) is 11.0. The van der Waals surface area contributed by atoms with Crippen LogP contribution in [0.15, 0.2) is 30.3 Å². The number of rotatable bonds is 1. The maximum Gasteiger partial charge on any atom is 0.163 e. The van der Waals surface area contributed by atoms with Crippen molar-refractivity contribution in [1.29, 1.82) is 0 Å². The molecule has 0 amide bonds. The first-order valence-electron chi connectivity index (χ1n) is 6.52. The van der Waals surface area contributed by atoms with Crippen molar-refractivity contribution in [2.45, 2.75) is 0 Å². The van der Waals surface area contributed by atoms with Crippen molar-refractivity contribution in [3.63, 3.8) is 0 Å². The number of hydrogen-bond acceptors (Lipinski definition) is 5. The number of H-pyrrole nitrogens is 1. The summed E-state index contributed by atoms with van der Waals surface area (Å²) in [5, 5.41) is 19.3. The molecule has 2 aromatic carbocycles.